The Morgan fingerprint density at radius 1 is 1.10 bits per heavy atom. The van der Waals surface area contributed by atoms with Gasteiger partial charge in [0.15, 0.2) is 0 Å². The van der Waals surface area contributed by atoms with Crippen molar-refractivity contribution in [2.24, 2.45) is 0 Å². The van der Waals surface area contributed by atoms with Crippen LogP contribution < -0.4 is 0 Å². The monoisotopic (exact) mass is 142 g/mol. The summed E-state index contributed by atoms with van der Waals surface area (Å²) in [4.78, 5) is 10.3. The van der Waals surface area contributed by atoms with E-state index in [-0.39, 0.29) is 0 Å². The molecule has 0 aromatic rings. The van der Waals surface area contributed by atoms with E-state index in [0.29, 0.717) is 0 Å². The molecule has 56 valence electrons. The topological polar surface area (TPSA) is 35.5 Å². The number of ether oxygens (including phenoxy) is 2. The second kappa shape index (κ2) is 1.87. The molecule has 2 fully saturated rings. The zero-order valence-corrected chi connectivity index (χ0v) is 5.76. The Hall–Kier alpha value is -0.730. The van der Waals surface area contributed by atoms with Gasteiger partial charge in [0.1, 0.15) is 0 Å². The number of hydrogen-bond donors (Lipinski definition) is 0. The maximum Gasteiger partial charge on any atom is 0.514 e. The molecule has 0 bridgehead atoms. The highest BCUT2D eigenvalue weighted by molar-refractivity contribution is 5.65. The van der Waals surface area contributed by atoms with Gasteiger partial charge >= 0.3 is 6.16 Å². The van der Waals surface area contributed by atoms with Crippen LogP contribution in [-0.2, 0) is 9.47 Å². The average Bonchev–Trinajstić information content (AvgIpc) is 1.87. The summed E-state index contributed by atoms with van der Waals surface area (Å²) in [6.07, 6.45) is 4.75. The van der Waals surface area contributed by atoms with Gasteiger partial charge in [-0.3, -0.25) is 0 Å². The third-order valence-electron chi connectivity index (χ3n) is 2.15. The van der Waals surface area contributed by atoms with Crippen LogP contribution in [0.25, 0.3) is 0 Å². The molecule has 2 aliphatic rings. The van der Waals surface area contributed by atoms with Crippen LogP contribution in [0.5, 0.6) is 0 Å². The predicted molar refractivity (Wildman–Crippen MR) is 33.4 cm³/mol. The van der Waals surface area contributed by atoms with Crippen LogP contribution in [0.15, 0.2) is 0 Å². The van der Waals surface area contributed by atoms with Gasteiger partial charge in [0.2, 0.25) is 0 Å². The Bertz CT molecular complexity index is 148. The van der Waals surface area contributed by atoms with Crippen LogP contribution in [-0.4, -0.2) is 11.9 Å². The largest absolute Gasteiger partial charge is 0.514 e. The van der Waals surface area contributed by atoms with Crippen molar-refractivity contribution in [1.29, 1.82) is 0 Å². The Balaban J connectivity index is 1.96. The Labute approximate surface area is 59.3 Å². The predicted octanol–water partition coefficient (Wildman–Crippen LogP) is 1.81. The average molecular weight is 142 g/mol. The summed E-state index contributed by atoms with van der Waals surface area (Å²) in [5.41, 5.74) is 0. The lowest BCUT2D eigenvalue weighted by atomic mass is 9.93. The summed E-state index contributed by atoms with van der Waals surface area (Å²) < 4.78 is 9.81. The molecule has 2 rings (SSSR count). The highest BCUT2D eigenvalue weighted by atomic mass is 16.9. The Morgan fingerprint density at radius 2 is 1.70 bits per heavy atom. The lowest BCUT2D eigenvalue weighted by molar-refractivity contribution is -0.283. The van der Waals surface area contributed by atoms with E-state index in [2.05, 4.69) is 0 Å². The first-order valence-electron chi connectivity index (χ1n) is 3.73. The zero-order chi connectivity index (χ0) is 7.03. The molecule has 1 aliphatic carbocycles. The molecule has 0 unspecified atom stereocenters. The lowest BCUT2D eigenvalue weighted by Gasteiger charge is -2.41. The SMILES string of the molecule is O=C1OC2(CCCCC2)O1. The lowest BCUT2D eigenvalue weighted by Crippen LogP contribution is -2.51. The molecule has 3 nitrogen and oxygen atoms in total. The summed E-state index contributed by atoms with van der Waals surface area (Å²) in [6, 6.07) is 0. The third-order valence-corrected chi connectivity index (χ3v) is 2.15. The maximum absolute atomic E-state index is 10.3. The van der Waals surface area contributed by atoms with E-state index < -0.39 is 11.9 Å². The number of carbonyl (C=O) groups is 1. The zero-order valence-electron chi connectivity index (χ0n) is 5.76. The van der Waals surface area contributed by atoms with Gasteiger partial charge in [-0.1, -0.05) is 6.42 Å². The molecule has 1 aliphatic heterocycles. The molecular formula is C7H10O3. The van der Waals surface area contributed by atoms with Gasteiger partial charge in [0, 0.05) is 12.8 Å². The molecule has 1 heterocycles. The van der Waals surface area contributed by atoms with Crippen LogP contribution in [0.4, 0.5) is 4.79 Å². The quantitative estimate of drug-likeness (QED) is 0.484. The van der Waals surface area contributed by atoms with E-state index in [1.165, 1.54) is 6.42 Å². The highest BCUT2D eigenvalue weighted by Gasteiger charge is 2.48. The standard InChI is InChI=1S/C7H10O3/c8-6-9-7(10-6)4-2-1-3-5-7/h1-5H2. The molecule has 10 heavy (non-hydrogen) atoms. The second-order valence-electron chi connectivity index (χ2n) is 2.93. The number of carbonyl (C=O) groups excluding carboxylic acids is 1. The molecule has 1 spiro atoms. The van der Waals surface area contributed by atoms with E-state index in [1.54, 1.807) is 0 Å². The molecule has 0 atom stereocenters. The van der Waals surface area contributed by atoms with Crippen molar-refractivity contribution in [1.82, 2.24) is 0 Å². The molecule has 1 saturated heterocycles. The fourth-order valence-corrected chi connectivity index (χ4v) is 1.61. The van der Waals surface area contributed by atoms with Crippen molar-refractivity contribution < 1.29 is 14.3 Å². The van der Waals surface area contributed by atoms with Crippen LogP contribution in [0.2, 0.25) is 0 Å². The normalized spacial score (nSPS) is 28.6. The minimum absolute atomic E-state index is 0.477. The first-order chi connectivity index (χ1) is 4.81. The molecule has 3 heteroatoms. The Morgan fingerprint density at radius 3 is 2.20 bits per heavy atom. The number of rotatable bonds is 0. The van der Waals surface area contributed by atoms with Gasteiger partial charge < -0.3 is 9.47 Å². The van der Waals surface area contributed by atoms with E-state index >= 15 is 0 Å². The second-order valence-corrected chi connectivity index (χ2v) is 2.93. The van der Waals surface area contributed by atoms with Crippen molar-refractivity contribution in [3.8, 4) is 0 Å². The van der Waals surface area contributed by atoms with Crippen molar-refractivity contribution in [3.63, 3.8) is 0 Å². The van der Waals surface area contributed by atoms with E-state index in [4.69, 9.17) is 9.47 Å². The summed E-state index contributed by atoms with van der Waals surface area (Å²) in [5.74, 6) is -0.477. The van der Waals surface area contributed by atoms with Crippen molar-refractivity contribution in [2.45, 2.75) is 37.9 Å². The smallest absolute Gasteiger partial charge is 0.391 e. The minimum atomic E-state index is -0.498. The van der Waals surface area contributed by atoms with Crippen molar-refractivity contribution in [3.05, 3.63) is 0 Å². The summed E-state index contributed by atoms with van der Waals surface area (Å²) in [5, 5.41) is 0. The first-order valence-corrected chi connectivity index (χ1v) is 3.73. The van der Waals surface area contributed by atoms with Crippen molar-refractivity contribution in [2.75, 3.05) is 0 Å². The van der Waals surface area contributed by atoms with Gasteiger partial charge in [-0.15, -0.1) is 0 Å². The van der Waals surface area contributed by atoms with Gasteiger partial charge in [-0.2, -0.15) is 0 Å². The molecule has 1 saturated carbocycles. The molecular weight excluding hydrogens is 132 g/mol. The highest BCUT2D eigenvalue weighted by Crippen LogP contribution is 2.38. The summed E-state index contributed by atoms with van der Waals surface area (Å²) in [6.45, 7) is 0. The number of hydrogen-bond acceptors (Lipinski definition) is 3. The minimum Gasteiger partial charge on any atom is -0.391 e. The van der Waals surface area contributed by atoms with E-state index in [9.17, 15) is 4.79 Å². The van der Waals surface area contributed by atoms with E-state index in [0.717, 1.165) is 25.7 Å². The van der Waals surface area contributed by atoms with Gasteiger partial charge in [-0.05, 0) is 12.8 Å². The van der Waals surface area contributed by atoms with Crippen LogP contribution in [0.1, 0.15) is 32.1 Å². The molecule has 0 radical (unpaired) electrons. The molecule has 0 N–H and O–H groups in total. The third kappa shape index (κ3) is 0.770. The fraction of sp³-hybridized carbons (Fsp3) is 0.857. The summed E-state index contributed by atoms with van der Waals surface area (Å²) in [7, 11) is 0. The van der Waals surface area contributed by atoms with E-state index in [1.807, 2.05) is 0 Å². The van der Waals surface area contributed by atoms with Gasteiger partial charge in [-0.25, -0.2) is 4.79 Å². The van der Waals surface area contributed by atoms with Crippen LogP contribution in [0, 0.1) is 0 Å². The maximum atomic E-state index is 10.3. The fourth-order valence-electron chi connectivity index (χ4n) is 1.61. The van der Waals surface area contributed by atoms with Crippen LogP contribution >= 0.6 is 0 Å². The van der Waals surface area contributed by atoms with Gasteiger partial charge in [0.25, 0.3) is 5.79 Å². The molecule has 0 amide bonds. The summed E-state index contributed by atoms with van der Waals surface area (Å²) >= 11 is 0. The first kappa shape index (κ1) is 6.01. The van der Waals surface area contributed by atoms with Crippen molar-refractivity contribution >= 4 is 6.16 Å². The molecule has 0 aromatic heterocycles. The van der Waals surface area contributed by atoms with Gasteiger partial charge in [0.05, 0.1) is 0 Å². The van der Waals surface area contributed by atoms with Crippen LogP contribution in [0.3, 0.4) is 0 Å². The Kier molecular flexibility index (Phi) is 1.13. The molecule has 0 aromatic carbocycles.